The van der Waals surface area contributed by atoms with Crippen LogP contribution in [0.3, 0.4) is 0 Å². The molecule has 0 amide bonds. The van der Waals surface area contributed by atoms with Crippen molar-refractivity contribution >= 4 is 32.3 Å². The maximum atomic E-state index is 6.83. The fraction of sp³-hybridized carbons (Fsp3) is 0.690. The molecule has 360 valence electrons. The summed E-state index contributed by atoms with van der Waals surface area (Å²) >= 11 is 0. The molecule has 4 aromatic rings. The first-order chi connectivity index (χ1) is 31.1. The van der Waals surface area contributed by atoms with Gasteiger partial charge in [0.1, 0.15) is 0 Å². The second-order valence-electron chi connectivity index (χ2n) is 19.9. The van der Waals surface area contributed by atoms with E-state index in [1.807, 2.05) is 0 Å². The quantitative estimate of drug-likeness (QED) is 0.0335. The molecule has 0 fully saturated rings. The van der Waals surface area contributed by atoms with Gasteiger partial charge in [0.2, 0.25) is 0 Å². The highest BCUT2D eigenvalue weighted by Crippen LogP contribution is 2.47. The highest BCUT2D eigenvalue weighted by Gasteiger charge is 2.21. The van der Waals surface area contributed by atoms with Crippen molar-refractivity contribution in [2.45, 2.75) is 198 Å². The van der Waals surface area contributed by atoms with E-state index in [-0.39, 0.29) is 0 Å². The van der Waals surface area contributed by atoms with Gasteiger partial charge in [-0.15, -0.1) is 0 Å². The Bertz CT molecular complexity index is 1760. The average molecular weight is 885 g/mol. The van der Waals surface area contributed by atoms with E-state index >= 15 is 0 Å². The number of unbranched alkanes of at least 4 members (excludes halogenated alkanes) is 8. The standard InChI is InChI=1S/C58H92O6/c1-11-15-19-31-59-53-37-47-48-38-54(60-32-20-16-12-2)56(62-34-22-18-14-4)40-50(48)52-42-58(64-36-30-46(10)28-24-26-44(7)8)57(63-35-29-45(9)27-23-25-43(5)6)41-51(52)49(47)39-55(53)61-33-21-17-13-3/h37-46H,11-36H2,1-10H3. The monoisotopic (exact) mass is 885 g/mol. The fourth-order valence-corrected chi connectivity index (χ4v) is 8.61. The highest BCUT2D eigenvalue weighted by atomic mass is 16.5. The van der Waals surface area contributed by atoms with E-state index in [2.05, 4.69) is 106 Å². The smallest absolute Gasteiger partial charge is 0.161 e. The zero-order valence-electron chi connectivity index (χ0n) is 42.6. The molecule has 2 atom stereocenters. The Hall–Kier alpha value is -3.54. The van der Waals surface area contributed by atoms with E-state index < -0.39 is 0 Å². The minimum Gasteiger partial charge on any atom is -0.490 e. The molecular weight excluding hydrogens is 793 g/mol. The van der Waals surface area contributed by atoms with Crippen molar-refractivity contribution < 1.29 is 28.4 Å². The number of fused-ring (bicyclic) bond motifs is 6. The van der Waals surface area contributed by atoms with Crippen molar-refractivity contribution in [2.24, 2.45) is 23.7 Å². The molecule has 0 aliphatic carbocycles. The van der Waals surface area contributed by atoms with Crippen LogP contribution < -0.4 is 28.4 Å². The van der Waals surface area contributed by atoms with Crippen molar-refractivity contribution in [1.82, 2.24) is 0 Å². The Morgan fingerprint density at radius 2 is 0.516 bits per heavy atom. The van der Waals surface area contributed by atoms with Crippen molar-refractivity contribution in [3.05, 3.63) is 36.4 Å². The molecule has 0 spiro atoms. The van der Waals surface area contributed by atoms with Gasteiger partial charge in [0, 0.05) is 0 Å². The number of hydrogen-bond donors (Lipinski definition) is 0. The van der Waals surface area contributed by atoms with Crippen LogP contribution >= 0.6 is 0 Å². The highest BCUT2D eigenvalue weighted by molar-refractivity contribution is 6.26. The van der Waals surface area contributed by atoms with Gasteiger partial charge in [-0.1, -0.05) is 159 Å². The van der Waals surface area contributed by atoms with E-state index in [0.29, 0.717) is 51.5 Å². The zero-order valence-corrected chi connectivity index (χ0v) is 42.6. The van der Waals surface area contributed by atoms with Gasteiger partial charge in [-0.3, -0.25) is 0 Å². The van der Waals surface area contributed by atoms with Crippen LogP contribution in [-0.2, 0) is 0 Å². The van der Waals surface area contributed by atoms with Crippen LogP contribution in [-0.4, -0.2) is 39.6 Å². The fourth-order valence-electron chi connectivity index (χ4n) is 8.61. The van der Waals surface area contributed by atoms with E-state index in [1.165, 1.54) is 38.5 Å². The van der Waals surface area contributed by atoms with Gasteiger partial charge in [-0.05, 0) is 131 Å². The van der Waals surface area contributed by atoms with E-state index in [9.17, 15) is 0 Å². The normalized spacial score (nSPS) is 12.8. The van der Waals surface area contributed by atoms with Crippen LogP contribution in [0, 0.1) is 23.7 Å². The Balaban J connectivity index is 1.93. The molecule has 0 heterocycles. The van der Waals surface area contributed by atoms with Gasteiger partial charge in [0.15, 0.2) is 34.5 Å². The first-order valence-corrected chi connectivity index (χ1v) is 26.4. The van der Waals surface area contributed by atoms with E-state index in [1.54, 1.807) is 0 Å². The molecule has 64 heavy (non-hydrogen) atoms. The SMILES string of the molecule is CCCCCOc1cc2c3cc(OCCCCC)c(OCCCCC)cc3c3cc(OCCC(C)CCCC(C)C)c(OCCC(C)CCCC(C)C)cc3c2cc1OCCCCC. The minimum atomic E-state index is 0.595. The predicted octanol–water partition coefficient (Wildman–Crippen LogP) is 17.9. The maximum Gasteiger partial charge on any atom is 0.161 e. The summed E-state index contributed by atoms with van der Waals surface area (Å²) in [6.07, 6.45) is 22.7. The summed E-state index contributed by atoms with van der Waals surface area (Å²) in [6, 6.07) is 13.4. The average Bonchev–Trinajstić information content (AvgIpc) is 3.27. The Labute approximate surface area is 391 Å². The first kappa shape index (κ1) is 53.1. The molecule has 6 nitrogen and oxygen atoms in total. The van der Waals surface area contributed by atoms with Crippen LogP contribution in [0.1, 0.15) is 198 Å². The molecule has 0 aliphatic rings. The third kappa shape index (κ3) is 17.7. The molecule has 0 saturated heterocycles. The third-order valence-electron chi connectivity index (χ3n) is 12.8. The molecule has 0 saturated carbocycles. The molecular formula is C58H92O6. The largest absolute Gasteiger partial charge is 0.490 e. The van der Waals surface area contributed by atoms with Gasteiger partial charge in [0.05, 0.1) is 39.6 Å². The van der Waals surface area contributed by atoms with Gasteiger partial charge in [-0.25, -0.2) is 0 Å². The molecule has 6 heteroatoms. The zero-order chi connectivity index (χ0) is 46.1. The Morgan fingerprint density at radius 1 is 0.281 bits per heavy atom. The van der Waals surface area contributed by atoms with Crippen LogP contribution in [0.5, 0.6) is 34.5 Å². The van der Waals surface area contributed by atoms with Crippen LogP contribution in [0.15, 0.2) is 36.4 Å². The van der Waals surface area contributed by atoms with Crippen molar-refractivity contribution in [1.29, 1.82) is 0 Å². The number of rotatable bonds is 36. The Morgan fingerprint density at radius 3 is 0.734 bits per heavy atom. The summed E-state index contributed by atoms with van der Waals surface area (Å²) in [5.41, 5.74) is 0. The molecule has 0 aromatic heterocycles. The molecule has 0 radical (unpaired) electrons. The van der Waals surface area contributed by atoms with Crippen LogP contribution in [0.4, 0.5) is 0 Å². The van der Waals surface area contributed by atoms with Gasteiger partial charge in [0.25, 0.3) is 0 Å². The lowest BCUT2D eigenvalue weighted by Crippen LogP contribution is -2.08. The van der Waals surface area contributed by atoms with Crippen molar-refractivity contribution in [2.75, 3.05) is 39.6 Å². The topological polar surface area (TPSA) is 55.4 Å². The van der Waals surface area contributed by atoms with Gasteiger partial charge in [-0.2, -0.15) is 0 Å². The maximum absolute atomic E-state index is 6.83. The predicted molar refractivity (Wildman–Crippen MR) is 275 cm³/mol. The minimum absolute atomic E-state index is 0.595. The summed E-state index contributed by atoms with van der Waals surface area (Å²) in [5.74, 6) is 7.50. The third-order valence-corrected chi connectivity index (χ3v) is 12.8. The molecule has 0 bridgehead atoms. The molecule has 0 N–H and O–H groups in total. The second kappa shape index (κ2) is 29.9. The summed E-state index contributed by atoms with van der Waals surface area (Å²) in [7, 11) is 0. The summed E-state index contributed by atoms with van der Waals surface area (Å²) in [4.78, 5) is 0. The lowest BCUT2D eigenvalue weighted by molar-refractivity contribution is 0.238. The van der Waals surface area contributed by atoms with E-state index in [0.717, 1.165) is 169 Å². The lowest BCUT2D eigenvalue weighted by Gasteiger charge is -2.21. The molecule has 4 aromatic carbocycles. The summed E-state index contributed by atoms with van der Waals surface area (Å²) in [5, 5.41) is 6.67. The van der Waals surface area contributed by atoms with Crippen LogP contribution in [0.2, 0.25) is 0 Å². The lowest BCUT2D eigenvalue weighted by atomic mass is 9.93. The number of ether oxygens (including phenoxy) is 6. The van der Waals surface area contributed by atoms with E-state index in [4.69, 9.17) is 28.4 Å². The van der Waals surface area contributed by atoms with Gasteiger partial charge < -0.3 is 28.4 Å². The number of benzene rings is 4. The summed E-state index contributed by atoms with van der Waals surface area (Å²) < 4.78 is 40.2. The first-order valence-electron chi connectivity index (χ1n) is 26.4. The van der Waals surface area contributed by atoms with Crippen molar-refractivity contribution in [3.8, 4) is 34.5 Å². The molecule has 4 rings (SSSR count). The van der Waals surface area contributed by atoms with Gasteiger partial charge >= 0.3 is 0 Å². The summed E-state index contributed by atoms with van der Waals surface area (Å²) in [6.45, 7) is 26.9. The molecule has 0 aliphatic heterocycles. The van der Waals surface area contributed by atoms with Crippen LogP contribution in [0.25, 0.3) is 32.3 Å². The second-order valence-corrected chi connectivity index (χ2v) is 19.9. The molecule has 2 unspecified atom stereocenters. The number of hydrogen-bond acceptors (Lipinski definition) is 6. The van der Waals surface area contributed by atoms with Crippen molar-refractivity contribution in [3.63, 3.8) is 0 Å². The Kier molecular flexibility index (Phi) is 24.8.